The molecular formula is C25H21N3O4S2. The molecule has 9 heteroatoms. The van der Waals surface area contributed by atoms with Crippen LogP contribution in [0.2, 0.25) is 0 Å². The lowest BCUT2D eigenvalue weighted by atomic mass is 9.97. The van der Waals surface area contributed by atoms with E-state index < -0.39 is 5.97 Å². The fraction of sp³-hybridized carbons (Fsp3) is 0.200. The van der Waals surface area contributed by atoms with Gasteiger partial charge in [-0.1, -0.05) is 42.1 Å². The van der Waals surface area contributed by atoms with Crippen LogP contribution in [0, 0.1) is 0 Å². The molecule has 0 fully saturated rings. The lowest BCUT2D eigenvalue weighted by molar-refractivity contribution is -0.113. The zero-order chi connectivity index (χ0) is 23.7. The summed E-state index contributed by atoms with van der Waals surface area (Å²) in [6.45, 7) is 0. The van der Waals surface area contributed by atoms with Crippen LogP contribution in [0.25, 0.3) is 15.9 Å². The fourth-order valence-electron chi connectivity index (χ4n) is 4.18. The summed E-state index contributed by atoms with van der Waals surface area (Å²) in [6, 6.07) is 15.5. The first kappa shape index (κ1) is 22.4. The van der Waals surface area contributed by atoms with Gasteiger partial charge in [0, 0.05) is 4.88 Å². The van der Waals surface area contributed by atoms with Crippen molar-refractivity contribution in [2.75, 3.05) is 11.1 Å². The van der Waals surface area contributed by atoms with Crippen molar-refractivity contribution in [3.05, 3.63) is 81.0 Å². The summed E-state index contributed by atoms with van der Waals surface area (Å²) in [4.78, 5) is 44.5. The zero-order valence-corrected chi connectivity index (χ0v) is 19.7. The number of rotatable bonds is 6. The number of amides is 1. The van der Waals surface area contributed by atoms with E-state index in [-0.39, 0.29) is 28.5 Å². The zero-order valence-electron chi connectivity index (χ0n) is 18.1. The number of carbonyl (C=O) groups excluding carboxylic acids is 1. The summed E-state index contributed by atoms with van der Waals surface area (Å²) >= 11 is 2.73. The number of hydrogen-bond acceptors (Lipinski definition) is 6. The minimum absolute atomic E-state index is 0.0192. The molecule has 5 rings (SSSR count). The SMILES string of the molecule is O=C(CSc1nc2sc3c(c2c(=O)n1-c1ccccc1)CCCC3)Nc1ccccc1C(=O)O. The first-order chi connectivity index (χ1) is 16.5. The second-order valence-electron chi connectivity index (χ2n) is 7.95. The number of carboxylic acids is 1. The van der Waals surface area contributed by atoms with Crippen LogP contribution in [0.1, 0.15) is 33.6 Å². The number of nitrogens with one attached hydrogen (secondary N) is 1. The minimum Gasteiger partial charge on any atom is -0.478 e. The van der Waals surface area contributed by atoms with E-state index in [0.717, 1.165) is 43.0 Å². The Labute approximate surface area is 203 Å². The van der Waals surface area contributed by atoms with E-state index in [4.69, 9.17) is 4.98 Å². The number of para-hydroxylation sites is 2. The number of thioether (sulfide) groups is 1. The molecule has 2 aromatic carbocycles. The Kier molecular flexibility index (Phi) is 6.21. The standard InChI is InChI=1S/C25H21N3O4S2/c29-20(26-18-12-6-4-10-16(18)24(31)32)14-33-25-27-22-21(17-11-5-7-13-19(17)34-22)23(30)28(25)15-8-2-1-3-9-15/h1-4,6,8-10,12H,5,7,11,13-14H2,(H,26,29)(H,31,32). The molecule has 0 aliphatic heterocycles. The first-order valence-corrected chi connectivity index (χ1v) is 12.7. The molecule has 1 aliphatic carbocycles. The normalized spacial score (nSPS) is 12.9. The van der Waals surface area contributed by atoms with E-state index >= 15 is 0 Å². The molecule has 0 bridgehead atoms. The average Bonchev–Trinajstić information content (AvgIpc) is 3.22. The summed E-state index contributed by atoms with van der Waals surface area (Å²) in [5.74, 6) is -1.52. The second-order valence-corrected chi connectivity index (χ2v) is 9.98. The van der Waals surface area contributed by atoms with Crippen molar-refractivity contribution in [1.82, 2.24) is 9.55 Å². The van der Waals surface area contributed by atoms with Crippen LogP contribution in [0.4, 0.5) is 5.69 Å². The van der Waals surface area contributed by atoms with Crippen LogP contribution >= 0.6 is 23.1 Å². The van der Waals surface area contributed by atoms with Gasteiger partial charge in [0.15, 0.2) is 5.16 Å². The maximum atomic E-state index is 13.7. The molecule has 7 nitrogen and oxygen atoms in total. The van der Waals surface area contributed by atoms with Crippen LogP contribution in [0.15, 0.2) is 64.5 Å². The van der Waals surface area contributed by atoms with Crippen molar-refractivity contribution in [1.29, 1.82) is 0 Å². The molecular weight excluding hydrogens is 470 g/mol. The Morgan fingerprint density at radius 2 is 1.79 bits per heavy atom. The van der Waals surface area contributed by atoms with Gasteiger partial charge in [0.2, 0.25) is 5.91 Å². The van der Waals surface area contributed by atoms with Crippen molar-refractivity contribution < 1.29 is 14.7 Å². The lowest BCUT2D eigenvalue weighted by Gasteiger charge is -2.14. The fourth-order valence-corrected chi connectivity index (χ4v) is 6.30. The number of thiophene rings is 1. The van der Waals surface area contributed by atoms with Gasteiger partial charge in [-0.15, -0.1) is 11.3 Å². The lowest BCUT2D eigenvalue weighted by Crippen LogP contribution is -2.23. The van der Waals surface area contributed by atoms with E-state index in [1.54, 1.807) is 34.1 Å². The highest BCUT2D eigenvalue weighted by Gasteiger charge is 2.23. The first-order valence-electron chi connectivity index (χ1n) is 10.9. The van der Waals surface area contributed by atoms with Gasteiger partial charge in [-0.2, -0.15) is 0 Å². The third-order valence-corrected chi connectivity index (χ3v) is 7.86. The molecule has 0 saturated carbocycles. The molecule has 0 saturated heterocycles. The number of hydrogen-bond donors (Lipinski definition) is 2. The van der Waals surface area contributed by atoms with Crippen molar-refractivity contribution >= 4 is 50.9 Å². The van der Waals surface area contributed by atoms with E-state index in [1.165, 1.54) is 10.9 Å². The Morgan fingerprint density at radius 1 is 1.06 bits per heavy atom. The highest BCUT2D eigenvalue weighted by atomic mass is 32.2. The predicted molar refractivity (Wildman–Crippen MR) is 135 cm³/mol. The van der Waals surface area contributed by atoms with Crippen molar-refractivity contribution in [3.63, 3.8) is 0 Å². The van der Waals surface area contributed by atoms with E-state index in [2.05, 4.69) is 5.32 Å². The topological polar surface area (TPSA) is 101 Å². The Balaban J connectivity index is 1.50. The molecule has 2 heterocycles. The maximum absolute atomic E-state index is 13.7. The van der Waals surface area contributed by atoms with Gasteiger partial charge >= 0.3 is 5.97 Å². The Bertz CT molecular complexity index is 1460. The summed E-state index contributed by atoms with van der Waals surface area (Å²) in [6.07, 6.45) is 4.04. The molecule has 34 heavy (non-hydrogen) atoms. The highest BCUT2D eigenvalue weighted by Crippen LogP contribution is 2.35. The van der Waals surface area contributed by atoms with Crippen molar-refractivity contribution in [3.8, 4) is 5.69 Å². The summed E-state index contributed by atoms with van der Waals surface area (Å²) in [5, 5.41) is 13.1. The van der Waals surface area contributed by atoms with Crippen molar-refractivity contribution in [2.24, 2.45) is 0 Å². The van der Waals surface area contributed by atoms with Crippen LogP contribution in [-0.2, 0) is 17.6 Å². The molecule has 0 atom stereocenters. The predicted octanol–water partition coefficient (Wildman–Crippen LogP) is 4.76. The van der Waals surface area contributed by atoms with E-state index in [1.807, 2.05) is 30.3 Å². The van der Waals surface area contributed by atoms with Gasteiger partial charge in [0.05, 0.1) is 28.1 Å². The molecule has 0 unspecified atom stereocenters. The molecule has 4 aromatic rings. The van der Waals surface area contributed by atoms with Gasteiger partial charge in [-0.25, -0.2) is 9.78 Å². The number of aryl methyl sites for hydroxylation is 2. The molecule has 2 N–H and O–H groups in total. The van der Waals surface area contributed by atoms with E-state index in [0.29, 0.717) is 21.1 Å². The smallest absolute Gasteiger partial charge is 0.337 e. The van der Waals surface area contributed by atoms with Crippen LogP contribution in [0.3, 0.4) is 0 Å². The van der Waals surface area contributed by atoms with Gasteiger partial charge in [0.25, 0.3) is 5.56 Å². The largest absolute Gasteiger partial charge is 0.478 e. The van der Waals surface area contributed by atoms with Crippen LogP contribution < -0.4 is 10.9 Å². The van der Waals surface area contributed by atoms with Crippen LogP contribution in [0.5, 0.6) is 0 Å². The average molecular weight is 492 g/mol. The molecule has 0 radical (unpaired) electrons. The molecule has 172 valence electrons. The van der Waals surface area contributed by atoms with Crippen LogP contribution in [-0.4, -0.2) is 32.3 Å². The van der Waals surface area contributed by atoms with Gasteiger partial charge in [-0.3, -0.25) is 14.2 Å². The third kappa shape index (κ3) is 4.24. The second kappa shape index (κ2) is 9.44. The molecule has 2 aromatic heterocycles. The molecule has 1 amide bonds. The highest BCUT2D eigenvalue weighted by molar-refractivity contribution is 7.99. The van der Waals surface area contributed by atoms with Crippen molar-refractivity contribution in [2.45, 2.75) is 30.8 Å². The maximum Gasteiger partial charge on any atom is 0.337 e. The summed E-state index contributed by atoms with van der Waals surface area (Å²) in [7, 11) is 0. The molecule has 0 spiro atoms. The van der Waals surface area contributed by atoms with Gasteiger partial charge < -0.3 is 10.4 Å². The number of aromatic nitrogens is 2. The Hall–Kier alpha value is -3.43. The number of nitrogens with zero attached hydrogens (tertiary/aromatic N) is 2. The number of carboxylic acid groups (broad SMARTS) is 1. The summed E-state index contributed by atoms with van der Waals surface area (Å²) < 4.78 is 1.58. The van der Waals surface area contributed by atoms with E-state index in [9.17, 15) is 19.5 Å². The number of carbonyl (C=O) groups is 2. The number of benzene rings is 2. The number of anilines is 1. The summed E-state index contributed by atoms with van der Waals surface area (Å²) in [5.41, 5.74) is 1.95. The molecule has 1 aliphatic rings. The van der Waals surface area contributed by atoms with Gasteiger partial charge in [-0.05, 0) is 55.5 Å². The Morgan fingerprint density at radius 3 is 2.59 bits per heavy atom. The quantitative estimate of drug-likeness (QED) is 0.298. The minimum atomic E-state index is -1.12. The number of aromatic carboxylic acids is 1. The monoisotopic (exact) mass is 491 g/mol. The number of fused-ring (bicyclic) bond motifs is 3. The van der Waals surface area contributed by atoms with Gasteiger partial charge in [0.1, 0.15) is 4.83 Å². The third-order valence-electron chi connectivity index (χ3n) is 5.74.